The van der Waals surface area contributed by atoms with Crippen molar-refractivity contribution < 1.29 is 9.84 Å². The second-order valence-corrected chi connectivity index (χ2v) is 6.09. The Morgan fingerprint density at radius 1 is 1.29 bits per heavy atom. The predicted molar refractivity (Wildman–Crippen MR) is 79.0 cm³/mol. The Morgan fingerprint density at radius 2 is 1.93 bits per heavy atom. The summed E-state index contributed by atoms with van der Waals surface area (Å²) in [5.41, 5.74) is 0. The standard InChI is InChI=1S/C10H12I2O2/c1-4-14-8-6-5-7(13)9(11-2)10(8)12-3/h5-6,13H,2-4H2,1H3. The van der Waals surface area contributed by atoms with Gasteiger partial charge in [-0.3, -0.25) is 0 Å². The van der Waals surface area contributed by atoms with Crippen molar-refractivity contribution in [2.45, 2.75) is 6.92 Å². The molecule has 1 aromatic carbocycles. The second kappa shape index (κ2) is 5.79. The van der Waals surface area contributed by atoms with E-state index in [0.29, 0.717) is 12.4 Å². The smallest absolute Gasteiger partial charge is 0.133 e. The lowest BCUT2D eigenvalue weighted by atomic mass is 10.3. The average Bonchev–Trinajstić information content (AvgIpc) is 2.20. The lowest BCUT2D eigenvalue weighted by molar-refractivity contribution is 0.336. The van der Waals surface area contributed by atoms with E-state index in [9.17, 15) is 5.11 Å². The number of phenols is 1. The first-order chi connectivity index (χ1) is 6.74. The zero-order valence-electron chi connectivity index (χ0n) is 7.89. The third-order valence-corrected chi connectivity index (χ3v) is 6.31. The molecule has 0 unspecified atom stereocenters. The van der Waals surface area contributed by atoms with Crippen molar-refractivity contribution in [1.82, 2.24) is 0 Å². The lowest BCUT2D eigenvalue weighted by Gasteiger charge is -2.09. The highest BCUT2D eigenvalue weighted by atomic mass is 127. The summed E-state index contributed by atoms with van der Waals surface area (Å²) in [6.45, 7) is 2.60. The minimum absolute atomic E-state index is 0.317. The minimum Gasteiger partial charge on any atom is -0.507 e. The summed E-state index contributed by atoms with van der Waals surface area (Å²) in [5.74, 6) is 1.24. The molecule has 0 aromatic heterocycles. The van der Waals surface area contributed by atoms with Crippen molar-refractivity contribution in [3.63, 3.8) is 0 Å². The van der Waals surface area contributed by atoms with E-state index in [-0.39, 0.29) is 41.5 Å². The predicted octanol–water partition coefficient (Wildman–Crippen LogP) is 2.94. The van der Waals surface area contributed by atoms with Gasteiger partial charge in [-0.2, -0.15) is 0 Å². The normalized spacial score (nSPS) is 10.1. The van der Waals surface area contributed by atoms with Crippen LogP contribution in [0.1, 0.15) is 6.92 Å². The lowest BCUT2D eigenvalue weighted by Crippen LogP contribution is -1.95. The van der Waals surface area contributed by atoms with Crippen molar-refractivity contribution in [3.05, 3.63) is 19.3 Å². The fraction of sp³-hybridized carbons (Fsp3) is 0.200. The molecule has 0 fully saturated rings. The highest BCUT2D eigenvalue weighted by Crippen LogP contribution is 2.35. The van der Waals surface area contributed by atoms with Crippen LogP contribution in [0.2, 0.25) is 0 Å². The van der Waals surface area contributed by atoms with Gasteiger partial charge in [-0.15, -0.1) is 0 Å². The molecule has 0 radical (unpaired) electrons. The number of hydrogen-bond donors (Lipinski definition) is 1. The molecule has 1 N–H and O–H groups in total. The van der Waals surface area contributed by atoms with Crippen molar-refractivity contribution in [2.24, 2.45) is 0 Å². The van der Waals surface area contributed by atoms with Gasteiger partial charge in [-0.05, 0) is 19.1 Å². The highest BCUT2D eigenvalue weighted by molar-refractivity contribution is 14.2. The van der Waals surface area contributed by atoms with Crippen LogP contribution in [0.25, 0.3) is 0 Å². The largest absolute Gasteiger partial charge is 0.507 e. The molecular weight excluding hydrogens is 406 g/mol. The van der Waals surface area contributed by atoms with Crippen molar-refractivity contribution >= 4 is 50.5 Å². The summed E-state index contributed by atoms with van der Waals surface area (Å²) in [4.78, 5) is 0. The second-order valence-electron chi connectivity index (χ2n) is 2.41. The molecule has 0 aliphatic carbocycles. The van der Waals surface area contributed by atoms with Gasteiger partial charge in [0.15, 0.2) is 0 Å². The maximum atomic E-state index is 9.64. The van der Waals surface area contributed by atoms with Gasteiger partial charge in [0, 0.05) is 0 Å². The Hall–Kier alpha value is 0.0200. The van der Waals surface area contributed by atoms with Crippen LogP contribution >= 0.6 is 41.5 Å². The zero-order valence-corrected chi connectivity index (χ0v) is 12.2. The first kappa shape index (κ1) is 12.1. The Kier molecular flexibility index (Phi) is 5.00. The van der Waals surface area contributed by atoms with E-state index in [4.69, 9.17) is 4.74 Å². The van der Waals surface area contributed by atoms with Gasteiger partial charge in [0.25, 0.3) is 0 Å². The minimum atomic E-state index is -0.361. The van der Waals surface area contributed by atoms with E-state index < -0.39 is 0 Å². The van der Waals surface area contributed by atoms with Gasteiger partial charge in [0.2, 0.25) is 0 Å². The Morgan fingerprint density at radius 3 is 2.43 bits per heavy atom. The molecule has 1 rings (SSSR count). The summed E-state index contributed by atoms with van der Waals surface area (Å²) in [6.07, 6.45) is 0. The van der Waals surface area contributed by atoms with Crippen LogP contribution in [-0.2, 0) is 0 Å². The molecule has 0 aliphatic heterocycles. The summed E-state index contributed by atoms with van der Waals surface area (Å²) in [5, 5.41) is 9.64. The van der Waals surface area contributed by atoms with E-state index in [2.05, 4.69) is 9.03 Å². The molecule has 4 heteroatoms. The molecule has 0 aliphatic rings. The molecular formula is C10H12I2O2. The Bertz CT molecular complexity index is 361. The van der Waals surface area contributed by atoms with Crippen LogP contribution < -0.4 is 4.74 Å². The number of rotatable bonds is 4. The van der Waals surface area contributed by atoms with Gasteiger partial charge in [-0.25, -0.2) is 0 Å². The van der Waals surface area contributed by atoms with E-state index in [0.717, 1.165) is 12.9 Å². The number of benzene rings is 1. The van der Waals surface area contributed by atoms with Crippen LogP contribution in [0.15, 0.2) is 12.1 Å². The molecule has 0 saturated carbocycles. The average molecular weight is 418 g/mol. The Labute approximate surface area is 104 Å². The number of aromatic hydroxyl groups is 1. The van der Waals surface area contributed by atoms with Crippen LogP contribution in [0.5, 0.6) is 11.5 Å². The third-order valence-electron chi connectivity index (χ3n) is 1.59. The highest BCUT2D eigenvalue weighted by Gasteiger charge is 2.09. The number of halogens is 2. The third kappa shape index (κ3) is 2.53. The van der Waals surface area contributed by atoms with Crippen molar-refractivity contribution in [2.75, 3.05) is 6.61 Å². The molecule has 14 heavy (non-hydrogen) atoms. The molecule has 2 nitrogen and oxygen atoms in total. The van der Waals surface area contributed by atoms with Gasteiger partial charge in [0.05, 0.1) is 13.7 Å². The number of hydrogen-bond acceptors (Lipinski definition) is 2. The van der Waals surface area contributed by atoms with E-state index in [1.54, 1.807) is 6.07 Å². The van der Waals surface area contributed by atoms with Gasteiger partial charge in [-0.1, -0.05) is 50.5 Å². The van der Waals surface area contributed by atoms with Crippen LogP contribution in [0.4, 0.5) is 0 Å². The first-order valence-electron chi connectivity index (χ1n) is 4.00. The molecule has 78 valence electrons. The summed E-state index contributed by atoms with van der Waals surface area (Å²) >= 11 is -0.678. The van der Waals surface area contributed by atoms with E-state index >= 15 is 0 Å². The summed E-state index contributed by atoms with van der Waals surface area (Å²) in [6, 6.07) is 3.51. The van der Waals surface area contributed by atoms with Crippen molar-refractivity contribution in [3.8, 4) is 11.5 Å². The summed E-state index contributed by atoms with van der Waals surface area (Å²) in [7, 11) is 0. The molecule has 0 saturated heterocycles. The van der Waals surface area contributed by atoms with E-state index in [1.807, 2.05) is 13.0 Å². The van der Waals surface area contributed by atoms with E-state index in [1.165, 1.54) is 0 Å². The topological polar surface area (TPSA) is 29.5 Å². The van der Waals surface area contributed by atoms with Crippen LogP contribution in [-0.4, -0.2) is 20.7 Å². The Balaban J connectivity index is 3.32. The first-order valence-corrected chi connectivity index (χ1v) is 9.21. The fourth-order valence-electron chi connectivity index (χ4n) is 1.04. The molecule has 0 amide bonds. The zero-order chi connectivity index (χ0) is 10.6. The number of ether oxygens (including phenoxy) is 1. The van der Waals surface area contributed by atoms with Crippen molar-refractivity contribution in [1.29, 1.82) is 0 Å². The molecule has 0 heterocycles. The molecule has 0 bridgehead atoms. The van der Waals surface area contributed by atoms with Crippen LogP contribution in [0.3, 0.4) is 0 Å². The molecule has 1 aromatic rings. The maximum absolute atomic E-state index is 9.64. The summed E-state index contributed by atoms with van der Waals surface area (Å²) < 4.78 is 15.5. The number of phenolic OH excluding ortho intramolecular Hbond substituents is 1. The SMILES string of the molecule is C=Ic1c(O)ccc(OCC)c1I=C. The van der Waals surface area contributed by atoms with Crippen LogP contribution in [0, 0.1) is 7.14 Å². The monoisotopic (exact) mass is 418 g/mol. The van der Waals surface area contributed by atoms with Gasteiger partial charge in [0.1, 0.15) is 11.5 Å². The van der Waals surface area contributed by atoms with Gasteiger partial charge < -0.3 is 9.84 Å². The molecule has 0 spiro atoms. The fourth-order valence-corrected chi connectivity index (χ4v) is 5.47. The maximum Gasteiger partial charge on any atom is 0.133 e. The quantitative estimate of drug-likeness (QED) is 0.763. The van der Waals surface area contributed by atoms with Gasteiger partial charge >= 0.3 is 0 Å². The molecule has 0 atom stereocenters.